The minimum Gasteiger partial charge on any atom is -0.314 e. The number of halogens is 3. The van der Waals surface area contributed by atoms with Gasteiger partial charge in [-0.1, -0.05) is 6.92 Å². The van der Waals surface area contributed by atoms with E-state index in [2.05, 4.69) is 5.32 Å². The average molecular weight is 209 g/mol. The molecule has 83 valence electrons. The molecular formula is C9H16F3N2. The third kappa shape index (κ3) is 2.60. The molecule has 0 aromatic heterocycles. The van der Waals surface area contributed by atoms with Gasteiger partial charge in [-0.15, -0.1) is 0 Å². The van der Waals surface area contributed by atoms with E-state index in [1.807, 2.05) is 6.92 Å². The van der Waals surface area contributed by atoms with Gasteiger partial charge in [-0.2, -0.15) is 0 Å². The zero-order valence-corrected chi connectivity index (χ0v) is 8.27. The van der Waals surface area contributed by atoms with Crippen molar-refractivity contribution in [1.29, 1.82) is 0 Å². The van der Waals surface area contributed by atoms with Gasteiger partial charge in [-0.25, -0.2) is 13.2 Å². The molecule has 1 fully saturated rings. The molecule has 1 aliphatic heterocycles. The Morgan fingerprint density at radius 3 is 2.86 bits per heavy atom. The fourth-order valence-electron chi connectivity index (χ4n) is 1.65. The Morgan fingerprint density at radius 1 is 1.57 bits per heavy atom. The van der Waals surface area contributed by atoms with Gasteiger partial charge in [0.25, 0.3) is 5.92 Å². The Bertz CT molecular complexity index is 173. The molecule has 2 nitrogen and oxygen atoms in total. The second-order valence-corrected chi connectivity index (χ2v) is 3.44. The molecule has 0 saturated carbocycles. The summed E-state index contributed by atoms with van der Waals surface area (Å²) in [6.07, 6.45) is 0.693. The molecule has 0 aliphatic carbocycles. The van der Waals surface area contributed by atoms with Crippen molar-refractivity contribution in [3.63, 3.8) is 0 Å². The van der Waals surface area contributed by atoms with E-state index in [-0.39, 0.29) is 6.54 Å². The van der Waals surface area contributed by atoms with Crippen molar-refractivity contribution in [2.24, 2.45) is 0 Å². The van der Waals surface area contributed by atoms with Crippen molar-refractivity contribution in [3.05, 3.63) is 6.54 Å². The number of nitrogens with one attached hydrogen (secondary N) is 1. The predicted octanol–water partition coefficient (Wildman–Crippen LogP) is 1.44. The fourth-order valence-corrected chi connectivity index (χ4v) is 1.65. The Balaban J connectivity index is 2.61. The molecule has 1 aliphatic rings. The Labute approximate surface area is 82.5 Å². The SMILES string of the molecule is CC[CH]N1CCNCC1C(F)(F)CF. The maximum atomic E-state index is 13.1. The summed E-state index contributed by atoms with van der Waals surface area (Å²) in [6.45, 7) is 3.35. The van der Waals surface area contributed by atoms with Crippen LogP contribution in [0.25, 0.3) is 0 Å². The second kappa shape index (κ2) is 4.98. The highest BCUT2D eigenvalue weighted by Gasteiger charge is 2.44. The summed E-state index contributed by atoms with van der Waals surface area (Å²) in [4.78, 5) is 1.55. The van der Waals surface area contributed by atoms with Gasteiger partial charge in [0.05, 0.1) is 6.04 Å². The van der Waals surface area contributed by atoms with Gasteiger partial charge in [0, 0.05) is 26.2 Å². The normalized spacial score (nSPS) is 25.3. The third-order valence-corrected chi connectivity index (χ3v) is 2.37. The van der Waals surface area contributed by atoms with Gasteiger partial charge in [0.1, 0.15) is 0 Å². The lowest BCUT2D eigenvalue weighted by atomic mass is 10.1. The van der Waals surface area contributed by atoms with Gasteiger partial charge >= 0.3 is 0 Å². The quantitative estimate of drug-likeness (QED) is 0.753. The molecule has 1 N–H and O–H groups in total. The van der Waals surface area contributed by atoms with E-state index < -0.39 is 18.6 Å². The van der Waals surface area contributed by atoms with E-state index in [4.69, 9.17) is 0 Å². The van der Waals surface area contributed by atoms with E-state index in [9.17, 15) is 13.2 Å². The summed E-state index contributed by atoms with van der Waals surface area (Å²) in [5.41, 5.74) is 0. The number of rotatable bonds is 4. The minimum absolute atomic E-state index is 0.146. The summed E-state index contributed by atoms with van der Waals surface area (Å²) in [5.74, 6) is -3.25. The predicted molar refractivity (Wildman–Crippen MR) is 48.9 cm³/mol. The van der Waals surface area contributed by atoms with Crippen molar-refractivity contribution in [2.45, 2.75) is 25.3 Å². The lowest BCUT2D eigenvalue weighted by Gasteiger charge is -2.39. The molecule has 0 amide bonds. The van der Waals surface area contributed by atoms with Crippen molar-refractivity contribution < 1.29 is 13.2 Å². The van der Waals surface area contributed by atoms with E-state index in [1.54, 1.807) is 11.4 Å². The van der Waals surface area contributed by atoms with E-state index >= 15 is 0 Å². The summed E-state index contributed by atoms with van der Waals surface area (Å²) in [5, 5.41) is 2.86. The topological polar surface area (TPSA) is 15.3 Å². The van der Waals surface area contributed by atoms with Gasteiger partial charge in [-0.05, 0) is 6.42 Å². The maximum absolute atomic E-state index is 13.1. The summed E-state index contributed by atoms with van der Waals surface area (Å²) < 4.78 is 38.4. The first-order valence-electron chi connectivity index (χ1n) is 4.85. The largest absolute Gasteiger partial charge is 0.314 e. The van der Waals surface area contributed by atoms with E-state index in [0.717, 1.165) is 0 Å². The molecule has 0 spiro atoms. The highest BCUT2D eigenvalue weighted by atomic mass is 19.3. The van der Waals surface area contributed by atoms with Crippen molar-refractivity contribution >= 4 is 0 Å². The molecule has 0 aromatic carbocycles. The first-order valence-corrected chi connectivity index (χ1v) is 4.85. The first-order chi connectivity index (χ1) is 6.61. The zero-order valence-electron chi connectivity index (χ0n) is 8.27. The molecule has 1 saturated heterocycles. The molecule has 1 radical (unpaired) electrons. The number of nitrogens with zero attached hydrogens (tertiary/aromatic N) is 1. The van der Waals surface area contributed by atoms with E-state index in [0.29, 0.717) is 19.5 Å². The molecule has 0 aromatic rings. The molecular weight excluding hydrogens is 193 g/mol. The van der Waals surface area contributed by atoms with Crippen LogP contribution in [0.2, 0.25) is 0 Å². The fraction of sp³-hybridized carbons (Fsp3) is 0.889. The van der Waals surface area contributed by atoms with Gasteiger partial charge in [-0.3, -0.25) is 4.90 Å². The lowest BCUT2D eigenvalue weighted by molar-refractivity contribution is -0.0951. The van der Waals surface area contributed by atoms with Gasteiger partial charge in [0.2, 0.25) is 0 Å². The highest BCUT2D eigenvalue weighted by Crippen LogP contribution is 2.26. The van der Waals surface area contributed by atoms with Crippen molar-refractivity contribution in [1.82, 2.24) is 10.2 Å². The summed E-state index contributed by atoms with van der Waals surface area (Å²) >= 11 is 0. The van der Waals surface area contributed by atoms with Crippen molar-refractivity contribution in [2.75, 3.05) is 26.3 Å². The lowest BCUT2D eigenvalue weighted by Crippen LogP contribution is -2.58. The first kappa shape index (κ1) is 11.8. The number of hydrogen-bond acceptors (Lipinski definition) is 2. The Kier molecular flexibility index (Phi) is 4.19. The maximum Gasteiger partial charge on any atom is 0.292 e. The third-order valence-electron chi connectivity index (χ3n) is 2.37. The van der Waals surface area contributed by atoms with Gasteiger partial charge < -0.3 is 5.32 Å². The number of alkyl halides is 3. The van der Waals surface area contributed by atoms with E-state index in [1.165, 1.54) is 0 Å². The van der Waals surface area contributed by atoms with Crippen LogP contribution in [0.15, 0.2) is 0 Å². The molecule has 1 rings (SSSR count). The van der Waals surface area contributed by atoms with Crippen LogP contribution in [0.4, 0.5) is 13.2 Å². The monoisotopic (exact) mass is 209 g/mol. The number of hydrogen-bond donors (Lipinski definition) is 1. The van der Waals surface area contributed by atoms with Crippen LogP contribution in [0, 0.1) is 6.54 Å². The smallest absolute Gasteiger partial charge is 0.292 e. The summed E-state index contributed by atoms with van der Waals surface area (Å²) in [6, 6.07) is -1.04. The van der Waals surface area contributed by atoms with Crippen LogP contribution in [0.5, 0.6) is 0 Å². The van der Waals surface area contributed by atoms with Crippen LogP contribution < -0.4 is 5.32 Å². The molecule has 14 heavy (non-hydrogen) atoms. The molecule has 1 unspecified atom stereocenters. The minimum atomic E-state index is -3.25. The van der Waals surface area contributed by atoms with Crippen LogP contribution in [-0.4, -0.2) is 43.2 Å². The van der Waals surface area contributed by atoms with Crippen molar-refractivity contribution in [3.8, 4) is 0 Å². The standard InChI is InChI=1S/C9H16F3N2/c1-2-4-14-5-3-13-6-8(14)9(11,12)7-10/h4,8,13H,2-3,5-7H2,1H3. The Morgan fingerprint density at radius 2 is 2.29 bits per heavy atom. The van der Waals surface area contributed by atoms with Crippen LogP contribution >= 0.6 is 0 Å². The summed E-state index contributed by atoms with van der Waals surface area (Å²) in [7, 11) is 0. The van der Waals surface area contributed by atoms with Crippen LogP contribution in [0.3, 0.4) is 0 Å². The number of piperazine rings is 1. The van der Waals surface area contributed by atoms with Crippen LogP contribution in [0.1, 0.15) is 13.3 Å². The van der Waals surface area contributed by atoms with Gasteiger partial charge in [0.15, 0.2) is 6.67 Å². The Hall–Kier alpha value is -0.290. The second-order valence-electron chi connectivity index (χ2n) is 3.44. The zero-order chi connectivity index (χ0) is 10.6. The molecule has 0 bridgehead atoms. The molecule has 5 heteroatoms. The molecule has 1 heterocycles. The average Bonchev–Trinajstić information content (AvgIpc) is 2.19. The highest BCUT2D eigenvalue weighted by molar-refractivity contribution is 4.93. The molecule has 1 atom stereocenters. The van der Waals surface area contributed by atoms with Crippen LogP contribution in [-0.2, 0) is 0 Å².